The highest BCUT2D eigenvalue weighted by Gasteiger charge is 2.14. The molecule has 0 aliphatic heterocycles. The number of ether oxygens (including phenoxy) is 3. The van der Waals surface area contributed by atoms with Crippen LogP contribution in [0.5, 0.6) is 17.2 Å². The van der Waals surface area contributed by atoms with Crippen LogP contribution in [-0.4, -0.2) is 36.7 Å². The van der Waals surface area contributed by atoms with Crippen LogP contribution >= 0.6 is 23.2 Å². The van der Waals surface area contributed by atoms with E-state index in [9.17, 15) is 19.7 Å². The van der Waals surface area contributed by atoms with Gasteiger partial charge in [0.25, 0.3) is 11.6 Å². The van der Waals surface area contributed by atoms with Crippen LogP contribution in [0.2, 0.25) is 10.0 Å². The zero-order valence-electron chi connectivity index (χ0n) is 18.1. The standard InChI is InChI=1S/C23H17Cl2N3O7/c1-33-21-10-14(2-9-20(21)35-23(30)15-3-8-18(24)19(25)11-15)12-26-27-22(29)13-34-17-6-4-16(5-7-17)28(31)32/h2-12H,13H2,1H3,(H,27,29)/b26-12+. The van der Waals surface area contributed by atoms with Crippen molar-refractivity contribution in [1.82, 2.24) is 5.43 Å². The summed E-state index contributed by atoms with van der Waals surface area (Å²) in [4.78, 5) is 34.4. The van der Waals surface area contributed by atoms with Crippen LogP contribution in [0.4, 0.5) is 5.69 Å². The van der Waals surface area contributed by atoms with Crippen molar-refractivity contribution in [3.63, 3.8) is 0 Å². The molecule has 0 radical (unpaired) electrons. The Kier molecular flexibility index (Phi) is 8.60. The highest BCUT2D eigenvalue weighted by molar-refractivity contribution is 6.42. The number of halogens is 2. The molecule has 0 aliphatic carbocycles. The van der Waals surface area contributed by atoms with Gasteiger partial charge in [-0.2, -0.15) is 5.10 Å². The molecule has 3 aromatic carbocycles. The number of rotatable bonds is 9. The third-order valence-electron chi connectivity index (χ3n) is 4.37. The van der Waals surface area contributed by atoms with Gasteiger partial charge < -0.3 is 14.2 Å². The second kappa shape index (κ2) is 11.8. The van der Waals surface area contributed by atoms with Crippen molar-refractivity contribution in [3.05, 3.63) is 92.0 Å². The first-order valence-electron chi connectivity index (χ1n) is 9.81. The molecule has 35 heavy (non-hydrogen) atoms. The number of esters is 1. The van der Waals surface area contributed by atoms with E-state index in [1.54, 1.807) is 12.1 Å². The molecular weight excluding hydrogens is 501 g/mol. The van der Waals surface area contributed by atoms with Gasteiger partial charge in [0, 0.05) is 12.1 Å². The molecule has 3 rings (SSSR count). The lowest BCUT2D eigenvalue weighted by Gasteiger charge is -2.10. The van der Waals surface area contributed by atoms with Crippen LogP contribution in [-0.2, 0) is 4.79 Å². The molecule has 0 aromatic heterocycles. The van der Waals surface area contributed by atoms with Crippen LogP contribution in [0.25, 0.3) is 0 Å². The molecule has 0 unspecified atom stereocenters. The van der Waals surface area contributed by atoms with Gasteiger partial charge in [0.2, 0.25) is 0 Å². The predicted molar refractivity (Wildman–Crippen MR) is 129 cm³/mol. The lowest BCUT2D eigenvalue weighted by molar-refractivity contribution is -0.384. The molecular formula is C23H17Cl2N3O7. The number of hydrogen-bond donors (Lipinski definition) is 1. The summed E-state index contributed by atoms with van der Waals surface area (Å²) in [5.41, 5.74) is 2.97. The molecule has 10 nitrogen and oxygen atoms in total. The number of nitro benzene ring substituents is 1. The first-order chi connectivity index (χ1) is 16.8. The lowest BCUT2D eigenvalue weighted by Crippen LogP contribution is -2.24. The smallest absolute Gasteiger partial charge is 0.343 e. The van der Waals surface area contributed by atoms with Gasteiger partial charge in [-0.3, -0.25) is 14.9 Å². The number of nitrogens with zero attached hydrogens (tertiary/aromatic N) is 2. The maximum atomic E-state index is 12.4. The largest absolute Gasteiger partial charge is 0.493 e. The van der Waals surface area contributed by atoms with Gasteiger partial charge in [0.05, 0.1) is 33.9 Å². The van der Waals surface area contributed by atoms with Crippen molar-refractivity contribution >= 4 is 47.0 Å². The summed E-state index contributed by atoms with van der Waals surface area (Å²) in [6.45, 7) is -0.345. The fraction of sp³-hybridized carbons (Fsp3) is 0.0870. The van der Waals surface area contributed by atoms with Gasteiger partial charge in [-0.15, -0.1) is 0 Å². The third-order valence-corrected chi connectivity index (χ3v) is 5.11. The van der Waals surface area contributed by atoms with Crippen molar-refractivity contribution in [3.8, 4) is 17.2 Å². The molecule has 0 aliphatic rings. The average Bonchev–Trinajstić information content (AvgIpc) is 2.85. The molecule has 12 heteroatoms. The van der Waals surface area contributed by atoms with Crippen molar-refractivity contribution in [2.24, 2.45) is 5.10 Å². The first-order valence-corrected chi connectivity index (χ1v) is 10.6. The minimum atomic E-state index is -0.649. The zero-order valence-corrected chi connectivity index (χ0v) is 19.6. The Morgan fingerprint density at radius 1 is 1.03 bits per heavy atom. The summed E-state index contributed by atoms with van der Waals surface area (Å²) in [6, 6.07) is 14.3. The highest BCUT2D eigenvalue weighted by atomic mass is 35.5. The minimum absolute atomic E-state index is 0.0861. The third kappa shape index (κ3) is 7.16. The second-order valence-corrected chi connectivity index (χ2v) is 7.58. The van der Waals surface area contributed by atoms with Crippen molar-refractivity contribution < 1.29 is 28.7 Å². The molecule has 0 atom stereocenters. The topological polar surface area (TPSA) is 129 Å². The van der Waals surface area contributed by atoms with Gasteiger partial charge >= 0.3 is 5.97 Å². The predicted octanol–water partition coefficient (Wildman–Crippen LogP) is 4.66. The summed E-state index contributed by atoms with van der Waals surface area (Å²) in [6.07, 6.45) is 1.36. The number of benzene rings is 3. The van der Waals surface area contributed by atoms with Crippen LogP contribution in [0.15, 0.2) is 65.8 Å². The van der Waals surface area contributed by atoms with Crippen LogP contribution in [0, 0.1) is 10.1 Å². The number of hydrazone groups is 1. The Labute approximate surface area is 209 Å². The fourth-order valence-electron chi connectivity index (χ4n) is 2.65. The Morgan fingerprint density at radius 2 is 1.77 bits per heavy atom. The molecule has 0 bridgehead atoms. The minimum Gasteiger partial charge on any atom is -0.493 e. The summed E-state index contributed by atoms with van der Waals surface area (Å²) in [5, 5.41) is 15.0. The Hall–Kier alpha value is -4.15. The monoisotopic (exact) mass is 517 g/mol. The number of nitro groups is 1. The van der Waals surface area contributed by atoms with E-state index in [1.165, 1.54) is 61.9 Å². The lowest BCUT2D eigenvalue weighted by atomic mass is 10.2. The molecule has 0 saturated heterocycles. The van der Waals surface area contributed by atoms with Crippen molar-refractivity contribution in [2.45, 2.75) is 0 Å². The van der Waals surface area contributed by atoms with Gasteiger partial charge in [0.15, 0.2) is 18.1 Å². The van der Waals surface area contributed by atoms with E-state index in [4.69, 9.17) is 37.4 Å². The fourth-order valence-corrected chi connectivity index (χ4v) is 2.95. The maximum Gasteiger partial charge on any atom is 0.343 e. The average molecular weight is 518 g/mol. The number of non-ortho nitro benzene ring substituents is 1. The van der Waals surface area contributed by atoms with Crippen molar-refractivity contribution in [1.29, 1.82) is 0 Å². The highest BCUT2D eigenvalue weighted by Crippen LogP contribution is 2.29. The number of amides is 1. The van der Waals surface area contributed by atoms with E-state index < -0.39 is 16.8 Å². The summed E-state index contributed by atoms with van der Waals surface area (Å²) in [5.74, 6) is -0.468. The summed E-state index contributed by atoms with van der Waals surface area (Å²) >= 11 is 11.8. The molecule has 3 aromatic rings. The van der Waals surface area contributed by atoms with Gasteiger partial charge in [-0.25, -0.2) is 10.2 Å². The van der Waals surface area contributed by atoms with Crippen molar-refractivity contribution in [2.75, 3.05) is 13.7 Å². The van der Waals surface area contributed by atoms with Gasteiger partial charge in [0.1, 0.15) is 5.75 Å². The van der Waals surface area contributed by atoms with Crippen LogP contribution in [0.3, 0.4) is 0 Å². The van der Waals surface area contributed by atoms with Gasteiger partial charge in [-0.1, -0.05) is 23.2 Å². The number of hydrogen-bond acceptors (Lipinski definition) is 8. The number of nitrogens with one attached hydrogen (secondary N) is 1. The Bertz CT molecular complexity index is 1280. The van der Waals surface area contributed by atoms with E-state index in [0.717, 1.165) is 0 Å². The molecule has 180 valence electrons. The van der Waals surface area contributed by atoms with E-state index in [-0.39, 0.29) is 34.4 Å². The van der Waals surface area contributed by atoms with E-state index in [1.807, 2.05) is 0 Å². The van der Waals surface area contributed by atoms with Gasteiger partial charge in [-0.05, 0) is 54.1 Å². The molecule has 0 saturated carbocycles. The second-order valence-electron chi connectivity index (χ2n) is 6.76. The number of methoxy groups -OCH3 is 1. The first kappa shape index (κ1) is 25.5. The van der Waals surface area contributed by atoms with Crippen LogP contribution < -0.4 is 19.6 Å². The normalized spacial score (nSPS) is 10.6. The quantitative estimate of drug-likeness (QED) is 0.143. The van der Waals surface area contributed by atoms with Crippen LogP contribution in [0.1, 0.15) is 15.9 Å². The molecule has 0 heterocycles. The molecule has 1 N–H and O–H groups in total. The zero-order chi connectivity index (χ0) is 25.4. The maximum absolute atomic E-state index is 12.4. The SMILES string of the molecule is COc1cc(/C=N/NC(=O)COc2ccc([N+](=O)[O-])cc2)ccc1OC(=O)c1ccc(Cl)c(Cl)c1. The molecule has 0 fully saturated rings. The van der Waals surface area contributed by atoms with E-state index >= 15 is 0 Å². The Morgan fingerprint density at radius 3 is 2.43 bits per heavy atom. The van der Waals surface area contributed by atoms with E-state index in [2.05, 4.69) is 10.5 Å². The number of carbonyl (C=O) groups is 2. The van der Waals surface area contributed by atoms with E-state index in [0.29, 0.717) is 16.3 Å². The summed E-state index contributed by atoms with van der Waals surface area (Å²) in [7, 11) is 1.41. The number of carbonyl (C=O) groups excluding carboxylic acids is 2. The summed E-state index contributed by atoms with van der Waals surface area (Å²) < 4.78 is 15.9. The Balaban J connectivity index is 1.55. The molecule has 0 spiro atoms. The molecule has 1 amide bonds.